The van der Waals surface area contributed by atoms with E-state index in [1.165, 1.54) is 7.11 Å². The van der Waals surface area contributed by atoms with E-state index in [0.29, 0.717) is 29.9 Å². The number of ether oxygens (including phenoxy) is 1. The van der Waals surface area contributed by atoms with Crippen LogP contribution in [0.3, 0.4) is 0 Å². The first kappa shape index (κ1) is 13.7. The molecule has 5 nitrogen and oxygen atoms in total. The summed E-state index contributed by atoms with van der Waals surface area (Å²) >= 11 is 0. The number of fused-ring (bicyclic) bond motifs is 2. The molecule has 2 N–H and O–H groups in total. The van der Waals surface area contributed by atoms with Crippen molar-refractivity contribution in [3.8, 4) is 11.5 Å². The van der Waals surface area contributed by atoms with Crippen LogP contribution in [0.4, 0.5) is 0 Å². The first-order chi connectivity index (χ1) is 9.95. The number of hydrogen-bond acceptors (Lipinski definition) is 5. The minimum Gasteiger partial charge on any atom is -0.507 e. The van der Waals surface area contributed by atoms with E-state index in [-0.39, 0.29) is 28.4 Å². The second-order valence-corrected chi connectivity index (χ2v) is 5.66. The van der Waals surface area contributed by atoms with Gasteiger partial charge in [-0.1, -0.05) is 6.92 Å². The van der Waals surface area contributed by atoms with E-state index in [0.717, 1.165) is 12.5 Å². The number of methoxy groups -OCH3 is 1. The van der Waals surface area contributed by atoms with Crippen LogP contribution < -0.4 is 0 Å². The third-order valence-electron chi connectivity index (χ3n) is 4.28. The van der Waals surface area contributed by atoms with Gasteiger partial charge in [0.1, 0.15) is 11.5 Å². The maximum atomic E-state index is 12.3. The van der Waals surface area contributed by atoms with Gasteiger partial charge >= 0.3 is 0 Å². The molecule has 0 saturated heterocycles. The Morgan fingerprint density at radius 3 is 2.48 bits per heavy atom. The number of rotatable bonds is 1. The molecule has 0 bridgehead atoms. The van der Waals surface area contributed by atoms with Crippen LogP contribution in [0.5, 0.6) is 11.5 Å². The minimum absolute atomic E-state index is 0.105. The minimum atomic E-state index is -0.569. The predicted molar refractivity (Wildman–Crippen MR) is 74.7 cm³/mol. The second kappa shape index (κ2) is 4.62. The summed E-state index contributed by atoms with van der Waals surface area (Å²) in [5.41, 5.74) is 0.916. The number of allylic oxidation sites excluding steroid dienone is 2. The second-order valence-electron chi connectivity index (χ2n) is 5.66. The average molecular weight is 288 g/mol. The summed E-state index contributed by atoms with van der Waals surface area (Å²) in [7, 11) is 1.29. The summed E-state index contributed by atoms with van der Waals surface area (Å²) in [6.07, 6.45) is 3.10. The van der Waals surface area contributed by atoms with Crippen molar-refractivity contribution < 1.29 is 24.5 Å². The van der Waals surface area contributed by atoms with Gasteiger partial charge in [-0.2, -0.15) is 0 Å². The predicted octanol–water partition coefficient (Wildman–Crippen LogP) is 2.13. The van der Waals surface area contributed by atoms with Crippen molar-refractivity contribution in [2.45, 2.75) is 26.2 Å². The first-order valence-electron chi connectivity index (χ1n) is 6.90. The fourth-order valence-corrected chi connectivity index (χ4v) is 3.15. The maximum Gasteiger partial charge on any atom is 0.232 e. The van der Waals surface area contributed by atoms with Gasteiger partial charge in [0.15, 0.2) is 11.5 Å². The highest BCUT2D eigenvalue weighted by atomic mass is 16.5. The fourth-order valence-electron chi connectivity index (χ4n) is 3.15. The number of Topliss-reactive ketones (excluding diaryl/α,β-unsaturated/α-hetero) is 1. The van der Waals surface area contributed by atoms with Gasteiger partial charge in [0.25, 0.3) is 0 Å². The summed E-state index contributed by atoms with van der Waals surface area (Å²) in [6.45, 7) is 2.05. The number of carbonyl (C=O) groups excluding carboxylic acids is 2. The van der Waals surface area contributed by atoms with Gasteiger partial charge in [0.2, 0.25) is 5.78 Å². The number of aromatic hydroxyl groups is 2. The summed E-state index contributed by atoms with van der Waals surface area (Å²) in [6, 6.07) is 0. The van der Waals surface area contributed by atoms with Crippen LogP contribution in [0.1, 0.15) is 45.2 Å². The van der Waals surface area contributed by atoms with E-state index in [2.05, 4.69) is 0 Å². The van der Waals surface area contributed by atoms with Crippen LogP contribution in [0, 0.1) is 5.92 Å². The van der Waals surface area contributed by atoms with Gasteiger partial charge in [-0.15, -0.1) is 0 Å². The molecule has 21 heavy (non-hydrogen) atoms. The van der Waals surface area contributed by atoms with Crippen LogP contribution in [0.25, 0.3) is 0 Å². The van der Waals surface area contributed by atoms with E-state index >= 15 is 0 Å². The van der Waals surface area contributed by atoms with E-state index in [9.17, 15) is 19.8 Å². The lowest BCUT2D eigenvalue weighted by atomic mass is 9.79. The number of ketones is 2. The highest BCUT2D eigenvalue weighted by Crippen LogP contribution is 2.44. The number of phenolic OH excluding ortho intramolecular Hbond substituents is 2. The monoisotopic (exact) mass is 288 g/mol. The molecular formula is C16H16O5. The molecule has 110 valence electrons. The summed E-state index contributed by atoms with van der Waals surface area (Å²) in [5, 5.41) is 20.8. The van der Waals surface area contributed by atoms with Crippen molar-refractivity contribution in [3.63, 3.8) is 0 Å². The SMILES string of the molecule is COC1=CC(=O)c2c(O)c3c(c(O)c2C1=O)CC(C)CC3. The Morgan fingerprint density at radius 2 is 1.81 bits per heavy atom. The Bertz CT molecular complexity index is 699. The Labute approximate surface area is 121 Å². The third kappa shape index (κ3) is 1.84. The molecule has 1 aromatic rings. The lowest BCUT2D eigenvalue weighted by molar-refractivity contribution is 0.0911. The van der Waals surface area contributed by atoms with Crippen molar-refractivity contribution in [2.24, 2.45) is 5.92 Å². The highest BCUT2D eigenvalue weighted by Gasteiger charge is 2.36. The van der Waals surface area contributed by atoms with E-state index < -0.39 is 11.6 Å². The van der Waals surface area contributed by atoms with Crippen molar-refractivity contribution in [1.29, 1.82) is 0 Å². The van der Waals surface area contributed by atoms with Gasteiger partial charge in [0.05, 0.1) is 18.2 Å². The van der Waals surface area contributed by atoms with Crippen LogP contribution in [-0.4, -0.2) is 28.9 Å². The smallest absolute Gasteiger partial charge is 0.232 e. The molecular weight excluding hydrogens is 272 g/mol. The number of phenols is 2. The molecule has 2 aliphatic rings. The van der Waals surface area contributed by atoms with Crippen LogP contribution in [0.15, 0.2) is 11.8 Å². The van der Waals surface area contributed by atoms with Gasteiger partial charge in [0, 0.05) is 17.2 Å². The Balaban J connectivity index is 2.31. The van der Waals surface area contributed by atoms with Crippen molar-refractivity contribution in [3.05, 3.63) is 34.1 Å². The molecule has 0 spiro atoms. The first-order valence-corrected chi connectivity index (χ1v) is 6.90. The molecule has 0 radical (unpaired) electrons. The molecule has 0 aromatic heterocycles. The summed E-state index contributed by atoms with van der Waals surface area (Å²) in [4.78, 5) is 24.5. The summed E-state index contributed by atoms with van der Waals surface area (Å²) in [5.74, 6) is -1.21. The van der Waals surface area contributed by atoms with Crippen molar-refractivity contribution >= 4 is 11.6 Å². The van der Waals surface area contributed by atoms with Gasteiger partial charge in [-0.25, -0.2) is 0 Å². The molecule has 1 unspecified atom stereocenters. The quantitative estimate of drug-likeness (QED) is 0.773. The largest absolute Gasteiger partial charge is 0.507 e. The molecule has 0 fully saturated rings. The molecule has 0 amide bonds. The number of carbonyl (C=O) groups is 2. The van der Waals surface area contributed by atoms with Gasteiger partial charge in [-0.3, -0.25) is 9.59 Å². The number of hydrogen-bond donors (Lipinski definition) is 2. The molecule has 0 aliphatic heterocycles. The fraction of sp³-hybridized carbons (Fsp3) is 0.375. The van der Waals surface area contributed by atoms with Gasteiger partial charge in [-0.05, 0) is 25.2 Å². The molecule has 1 atom stereocenters. The zero-order valence-corrected chi connectivity index (χ0v) is 11.9. The standard InChI is InChI=1S/C16H16O5/c1-7-3-4-8-9(5-7)15(19)13-12(14(8)18)10(17)6-11(21-2)16(13)20/h6-7,18-19H,3-5H2,1-2H3. The molecule has 0 saturated carbocycles. The maximum absolute atomic E-state index is 12.3. The van der Waals surface area contributed by atoms with Crippen molar-refractivity contribution in [2.75, 3.05) is 7.11 Å². The summed E-state index contributed by atoms with van der Waals surface area (Å²) < 4.78 is 4.89. The Hall–Kier alpha value is -2.30. The van der Waals surface area contributed by atoms with Crippen LogP contribution in [0.2, 0.25) is 0 Å². The zero-order chi connectivity index (χ0) is 15.3. The lowest BCUT2D eigenvalue weighted by Crippen LogP contribution is -2.22. The molecule has 1 aromatic carbocycles. The van der Waals surface area contributed by atoms with E-state index in [4.69, 9.17) is 4.74 Å². The molecule has 2 aliphatic carbocycles. The van der Waals surface area contributed by atoms with Gasteiger partial charge < -0.3 is 14.9 Å². The normalized spacial score (nSPS) is 20.7. The number of benzene rings is 1. The third-order valence-corrected chi connectivity index (χ3v) is 4.28. The van der Waals surface area contributed by atoms with E-state index in [1.54, 1.807) is 0 Å². The zero-order valence-electron chi connectivity index (χ0n) is 11.9. The molecule has 3 rings (SSSR count). The Morgan fingerprint density at radius 1 is 1.14 bits per heavy atom. The average Bonchev–Trinajstić information content (AvgIpc) is 2.46. The Kier molecular flexibility index (Phi) is 3.01. The molecule has 5 heteroatoms. The lowest BCUT2D eigenvalue weighted by Gasteiger charge is -2.27. The van der Waals surface area contributed by atoms with Crippen molar-refractivity contribution in [1.82, 2.24) is 0 Å². The van der Waals surface area contributed by atoms with Crippen LogP contribution in [-0.2, 0) is 17.6 Å². The van der Waals surface area contributed by atoms with Crippen LogP contribution >= 0.6 is 0 Å². The molecule has 0 heterocycles. The topological polar surface area (TPSA) is 83.8 Å². The van der Waals surface area contributed by atoms with E-state index in [1.807, 2.05) is 6.92 Å². The highest BCUT2D eigenvalue weighted by molar-refractivity contribution is 6.26.